The van der Waals surface area contributed by atoms with Crippen LogP contribution in [-0.4, -0.2) is 46.3 Å². The summed E-state index contributed by atoms with van der Waals surface area (Å²) in [5.74, 6) is -3.69. The number of hydrogen-bond acceptors (Lipinski definition) is 4. The van der Waals surface area contributed by atoms with E-state index in [0.717, 1.165) is 0 Å². The van der Waals surface area contributed by atoms with Gasteiger partial charge in [-0.15, -0.1) is 0 Å². The molecule has 66 valence electrons. The van der Waals surface area contributed by atoms with Gasteiger partial charge in [-0.1, -0.05) is 0 Å². The fourth-order valence-electron chi connectivity index (χ4n) is 0.868. The highest BCUT2D eigenvalue weighted by atomic mass is 19.3. The highest BCUT2D eigenvalue weighted by Gasteiger charge is 2.57. The van der Waals surface area contributed by atoms with Crippen LogP contribution in [0.5, 0.6) is 0 Å². The predicted octanol–water partition coefficient (Wildman–Crippen LogP) is -1.31. The lowest BCUT2D eigenvalue weighted by Gasteiger charge is -2.14. The Kier molecular flexibility index (Phi) is 2.10. The van der Waals surface area contributed by atoms with Gasteiger partial charge < -0.3 is 20.1 Å². The summed E-state index contributed by atoms with van der Waals surface area (Å²) >= 11 is 0. The molecule has 0 aromatic heterocycles. The Morgan fingerprint density at radius 1 is 1.36 bits per heavy atom. The van der Waals surface area contributed by atoms with Crippen LogP contribution in [0, 0.1) is 0 Å². The summed E-state index contributed by atoms with van der Waals surface area (Å²) in [5, 5.41) is 25.5. The predicted molar refractivity (Wildman–Crippen MR) is 28.9 cm³/mol. The van der Waals surface area contributed by atoms with E-state index in [4.69, 9.17) is 15.3 Å². The number of aliphatic hydroxyl groups is 3. The zero-order valence-corrected chi connectivity index (χ0v) is 5.44. The minimum Gasteiger partial charge on any atom is -0.394 e. The number of rotatable bonds is 1. The van der Waals surface area contributed by atoms with E-state index >= 15 is 0 Å². The summed E-state index contributed by atoms with van der Waals surface area (Å²) in [6.07, 6.45) is -5.86. The van der Waals surface area contributed by atoms with Crippen LogP contribution in [0.4, 0.5) is 8.78 Å². The van der Waals surface area contributed by atoms with Crippen molar-refractivity contribution < 1.29 is 28.8 Å². The molecule has 1 aliphatic rings. The maximum atomic E-state index is 12.4. The Labute approximate surface area is 61.0 Å². The molecule has 0 saturated carbocycles. The molecule has 1 heterocycles. The molecule has 3 N–H and O–H groups in total. The van der Waals surface area contributed by atoms with Gasteiger partial charge in [0.05, 0.1) is 6.61 Å². The van der Waals surface area contributed by atoms with Crippen LogP contribution in [-0.2, 0) is 4.74 Å². The molecule has 1 fully saturated rings. The molecule has 4 nitrogen and oxygen atoms in total. The molecular weight excluding hydrogens is 162 g/mol. The van der Waals surface area contributed by atoms with E-state index in [0.29, 0.717) is 0 Å². The van der Waals surface area contributed by atoms with Crippen LogP contribution in [0.2, 0.25) is 0 Å². The number of ether oxygens (including phenoxy) is 1. The van der Waals surface area contributed by atoms with E-state index in [2.05, 4.69) is 4.74 Å². The van der Waals surface area contributed by atoms with Gasteiger partial charge in [0.15, 0.2) is 6.10 Å². The zero-order valence-electron chi connectivity index (χ0n) is 5.44. The van der Waals surface area contributed by atoms with Gasteiger partial charge in [0.1, 0.15) is 6.10 Å². The summed E-state index contributed by atoms with van der Waals surface area (Å²) in [6, 6.07) is 0. The molecule has 3 atom stereocenters. The normalized spacial score (nSPS) is 42.8. The summed E-state index contributed by atoms with van der Waals surface area (Å²) in [7, 11) is 0. The van der Waals surface area contributed by atoms with Crippen LogP contribution in [0.15, 0.2) is 0 Å². The van der Waals surface area contributed by atoms with Crippen molar-refractivity contribution >= 4 is 0 Å². The van der Waals surface area contributed by atoms with Crippen molar-refractivity contribution in [3.8, 4) is 0 Å². The fourth-order valence-corrected chi connectivity index (χ4v) is 0.868. The lowest BCUT2D eigenvalue weighted by molar-refractivity contribution is -0.198. The number of aliphatic hydroxyl groups excluding tert-OH is 3. The number of alkyl halides is 2. The average Bonchev–Trinajstić information content (AvgIpc) is 2.14. The third-order valence-electron chi connectivity index (χ3n) is 1.56. The minimum atomic E-state index is -3.69. The molecule has 1 saturated heterocycles. The quantitative estimate of drug-likeness (QED) is 0.457. The van der Waals surface area contributed by atoms with Crippen LogP contribution in [0.1, 0.15) is 0 Å². The molecule has 1 rings (SSSR count). The van der Waals surface area contributed by atoms with Crippen LogP contribution < -0.4 is 0 Å². The maximum Gasteiger partial charge on any atom is 0.325 e. The third kappa shape index (κ3) is 1.22. The average molecular weight is 170 g/mol. The Morgan fingerprint density at radius 3 is 2.09 bits per heavy atom. The molecule has 1 aliphatic heterocycles. The molecule has 0 aliphatic carbocycles. The summed E-state index contributed by atoms with van der Waals surface area (Å²) in [5.41, 5.74) is 0. The molecule has 2 unspecified atom stereocenters. The molecule has 0 aromatic carbocycles. The van der Waals surface area contributed by atoms with Gasteiger partial charge in [-0.25, -0.2) is 0 Å². The largest absolute Gasteiger partial charge is 0.394 e. The highest BCUT2D eigenvalue weighted by molar-refractivity contribution is 4.92. The lowest BCUT2D eigenvalue weighted by atomic mass is 10.1. The second kappa shape index (κ2) is 2.63. The first kappa shape index (κ1) is 8.79. The fraction of sp³-hybridized carbons (Fsp3) is 1.00. The molecule has 0 spiro atoms. The van der Waals surface area contributed by atoms with E-state index in [9.17, 15) is 8.78 Å². The highest BCUT2D eigenvalue weighted by Crippen LogP contribution is 2.34. The second-order valence-electron chi connectivity index (χ2n) is 2.33. The third-order valence-corrected chi connectivity index (χ3v) is 1.56. The van der Waals surface area contributed by atoms with E-state index in [1.54, 1.807) is 0 Å². The van der Waals surface area contributed by atoms with Crippen LogP contribution in [0.3, 0.4) is 0 Å². The molecule has 6 heteroatoms. The van der Waals surface area contributed by atoms with Gasteiger partial charge in [0.2, 0.25) is 6.29 Å². The smallest absolute Gasteiger partial charge is 0.325 e. The van der Waals surface area contributed by atoms with Crippen molar-refractivity contribution in [2.75, 3.05) is 6.61 Å². The van der Waals surface area contributed by atoms with E-state index in [1.165, 1.54) is 0 Å². The Balaban J connectivity index is 2.71. The summed E-state index contributed by atoms with van der Waals surface area (Å²) in [6.45, 7) is -0.742. The van der Waals surface area contributed by atoms with Crippen molar-refractivity contribution in [1.82, 2.24) is 0 Å². The monoisotopic (exact) mass is 170 g/mol. The standard InChI is InChI=1S/C5H8F2O4/c6-5(7)3(9)2(1-8)11-4(5)10/h2-4,8-10H,1H2/t2-,3?,4?/m1/s1. The van der Waals surface area contributed by atoms with Gasteiger partial charge in [-0.3, -0.25) is 0 Å². The van der Waals surface area contributed by atoms with E-state index in [-0.39, 0.29) is 0 Å². The van der Waals surface area contributed by atoms with Crippen LogP contribution in [0.25, 0.3) is 0 Å². The molecule has 0 radical (unpaired) electrons. The Hall–Kier alpha value is -0.300. The summed E-state index contributed by atoms with van der Waals surface area (Å²) < 4.78 is 29.0. The first-order valence-electron chi connectivity index (χ1n) is 3.00. The van der Waals surface area contributed by atoms with Gasteiger partial charge in [-0.05, 0) is 0 Å². The number of halogens is 2. The van der Waals surface area contributed by atoms with Gasteiger partial charge in [-0.2, -0.15) is 8.78 Å². The SMILES string of the molecule is OC[C@H]1OC(O)C(F)(F)C1O. The van der Waals surface area contributed by atoms with Crippen molar-refractivity contribution in [2.45, 2.75) is 24.4 Å². The Bertz CT molecular complexity index is 151. The topological polar surface area (TPSA) is 69.9 Å². The molecular formula is C5H8F2O4. The molecule has 11 heavy (non-hydrogen) atoms. The van der Waals surface area contributed by atoms with Crippen molar-refractivity contribution in [3.05, 3.63) is 0 Å². The molecule has 0 bridgehead atoms. The second-order valence-corrected chi connectivity index (χ2v) is 2.33. The van der Waals surface area contributed by atoms with Gasteiger partial charge in [0.25, 0.3) is 0 Å². The first-order valence-corrected chi connectivity index (χ1v) is 3.00. The maximum absolute atomic E-state index is 12.4. The van der Waals surface area contributed by atoms with Gasteiger partial charge >= 0.3 is 5.92 Å². The number of hydrogen-bond donors (Lipinski definition) is 3. The summed E-state index contributed by atoms with van der Waals surface area (Å²) in [4.78, 5) is 0. The van der Waals surface area contributed by atoms with E-state index < -0.39 is 31.0 Å². The molecule has 0 aromatic rings. The zero-order chi connectivity index (χ0) is 8.65. The van der Waals surface area contributed by atoms with Gasteiger partial charge in [0, 0.05) is 0 Å². The Morgan fingerprint density at radius 2 is 1.91 bits per heavy atom. The van der Waals surface area contributed by atoms with Crippen molar-refractivity contribution in [2.24, 2.45) is 0 Å². The lowest BCUT2D eigenvalue weighted by Crippen LogP contribution is -2.40. The van der Waals surface area contributed by atoms with Crippen molar-refractivity contribution in [3.63, 3.8) is 0 Å². The molecule has 0 amide bonds. The first-order chi connectivity index (χ1) is 5.00. The minimum absolute atomic E-state index is 0.742. The van der Waals surface area contributed by atoms with Crippen molar-refractivity contribution in [1.29, 1.82) is 0 Å². The van der Waals surface area contributed by atoms with Crippen LogP contribution >= 0.6 is 0 Å². The van der Waals surface area contributed by atoms with E-state index in [1.807, 2.05) is 0 Å².